The maximum atomic E-state index is 12.9. The number of quaternary nitrogens is 2. The molecule has 0 fully saturated rings. The Labute approximate surface area is 457 Å². The summed E-state index contributed by atoms with van der Waals surface area (Å²) in [5.74, 6) is 5.75. The molecule has 0 saturated carbocycles. The molecule has 0 N–H and O–H groups in total. The van der Waals surface area contributed by atoms with E-state index >= 15 is 0 Å². The first kappa shape index (κ1) is 61.9. The first-order valence-electron chi connectivity index (χ1n) is 25.4. The number of ether oxygens (including phenoxy) is 12. The predicted molar refractivity (Wildman–Crippen MR) is 278 cm³/mol. The van der Waals surface area contributed by atoms with E-state index in [0.717, 1.165) is 93.4 Å². The summed E-state index contributed by atoms with van der Waals surface area (Å²) in [5, 5.41) is 0. The molecular weight excluding hydrogens is 1010 g/mol. The van der Waals surface area contributed by atoms with Gasteiger partial charge in [-0.2, -0.15) is 0 Å². The highest BCUT2D eigenvalue weighted by atomic mass is 35.5. The van der Waals surface area contributed by atoms with Gasteiger partial charge in [0.25, 0.3) is 0 Å². The van der Waals surface area contributed by atoms with Gasteiger partial charge >= 0.3 is 11.9 Å². The Balaban J connectivity index is 0.00000608. The van der Waals surface area contributed by atoms with E-state index in [9.17, 15) is 9.59 Å². The number of halogens is 2. The second-order valence-corrected chi connectivity index (χ2v) is 19.3. The van der Waals surface area contributed by atoms with Gasteiger partial charge in [0.1, 0.15) is 12.1 Å². The fourth-order valence-corrected chi connectivity index (χ4v) is 11.0. The maximum absolute atomic E-state index is 12.9. The number of esters is 2. The number of methoxy groups -OCH3 is 10. The number of unbranched alkanes of at least 4 members (excludes halogenated alkanes) is 4. The first-order valence-corrected chi connectivity index (χ1v) is 25.4. The van der Waals surface area contributed by atoms with E-state index in [1.54, 1.807) is 71.1 Å². The average molecular weight is 1090 g/mol. The first-order chi connectivity index (χ1) is 35.3. The molecule has 4 aromatic carbocycles. The van der Waals surface area contributed by atoms with Crippen LogP contribution in [-0.2, 0) is 31.9 Å². The molecule has 416 valence electrons. The van der Waals surface area contributed by atoms with E-state index in [2.05, 4.69) is 38.4 Å². The number of hydrogen-bond donors (Lipinski definition) is 0. The van der Waals surface area contributed by atoms with E-state index in [0.29, 0.717) is 105 Å². The minimum absolute atomic E-state index is 0. The highest BCUT2D eigenvalue weighted by Gasteiger charge is 2.43. The summed E-state index contributed by atoms with van der Waals surface area (Å²) in [5.41, 5.74) is 6.67. The average Bonchev–Trinajstić information content (AvgIpc) is 3.41. The number of hydrogen-bond acceptors (Lipinski definition) is 14. The topological polar surface area (TPSA) is 145 Å². The van der Waals surface area contributed by atoms with E-state index in [1.165, 1.54) is 11.1 Å². The van der Waals surface area contributed by atoms with Crippen LogP contribution in [0, 0.1) is 0 Å². The van der Waals surface area contributed by atoms with Crippen LogP contribution in [0.3, 0.4) is 0 Å². The van der Waals surface area contributed by atoms with Crippen LogP contribution in [0.4, 0.5) is 0 Å². The standard InChI is InChI=1S/C57H80N2O14.2ClH/c1-58(26-22-38-30-44(62-3)46(64-5)36-42(38)54(58)40-32-48(66-7)56(70-11)49(33-40)67-8)24-18-28-72-52(60)20-16-14-13-15-17-21-53(61)73-29-19-25-59(2)27-23-39-31-45(63-4)47(65-6)37-43(39)55(59)41-34-50(68-9)57(71-12)51(35-41)69-10;;/h30-37,54-55H,13-29H2,1-12H3;2*1H/q+2;;/p-2/t54-,55+,58-,59+;;. The van der Waals surface area contributed by atoms with E-state index in [1.807, 2.05) is 24.3 Å². The molecule has 4 aromatic rings. The Bertz CT molecular complexity index is 2290. The third kappa shape index (κ3) is 14.4. The minimum atomic E-state index is -0.187. The maximum Gasteiger partial charge on any atom is 0.305 e. The van der Waals surface area contributed by atoms with Crippen LogP contribution in [0.15, 0.2) is 48.5 Å². The van der Waals surface area contributed by atoms with Crippen LogP contribution in [0.5, 0.6) is 57.5 Å². The molecule has 4 atom stereocenters. The highest BCUT2D eigenvalue weighted by molar-refractivity contribution is 5.69. The van der Waals surface area contributed by atoms with Gasteiger partial charge in [-0.3, -0.25) is 9.59 Å². The van der Waals surface area contributed by atoms with Gasteiger partial charge < -0.3 is 90.6 Å². The van der Waals surface area contributed by atoms with E-state index in [4.69, 9.17) is 56.8 Å². The monoisotopic (exact) mass is 1090 g/mol. The van der Waals surface area contributed by atoms with E-state index in [-0.39, 0.29) is 48.8 Å². The molecule has 0 spiro atoms. The molecule has 0 radical (unpaired) electrons. The molecule has 0 aliphatic carbocycles. The Morgan fingerprint density at radius 2 is 0.720 bits per heavy atom. The molecule has 0 bridgehead atoms. The summed E-state index contributed by atoms with van der Waals surface area (Å²) in [4.78, 5) is 25.7. The molecule has 0 saturated heterocycles. The molecule has 6 rings (SSSR count). The van der Waals surface area contributed by atoms with Crippen molar-refractivity contribution in [2.75, 3.05) is 125 Å². The SMILES string of the molecule is COc1cc2c(cc1OC)[C@@H](c1cc(OC)c(OC)c(OC)c1)[N@+](C)(CCCOC(=O)CCCCCCCC(=O)OCCC[N@@+]1(C)CCc3cc(OC)c(OC)cc3[C@@H]1c1cc(OC)c(OC)c(OC)c1)CC2.[Cl-].[Cl-]. The Hall–Kier alpha value is -5.68. The molecule has 75 heavy (non-hydrogen) atoms. The number of carbonyl (C=O) groups is 2. The van der Waals surface area contributed by atoms with Crippen LogP contribution >= 0.6 is 0 Å². The lowest BCUT2D eigenvalue weighted by atomic mass is 9.85. The van der Waals surface area contributed by atoms with E-state index < -0.39 is 0 Å². The zero-order valence-electron chi connectivity index (χ0n) is 46.2. The molecular formula is C57H80Cl2N2O14. The quantitative estimate of drug-likeness (QED) is 0.0467. The van der Waals surface area contributed by atoms with Crippen molar-refractivity contribution in [3.05, 3.63) is 81.9 Å². The smallest absolute Gasteiger partial charge is 0.305 e. The van der Waals surface area contributed by atoms with Crippen LogP contribution in [0.1, 0.15) is 103 Å². The summed E-state index contributed by atoms with van der Waals surface area (Å²) in [7, 11) is 20.8. The van der Waals surface area contributed by atoms with Gasteiger partial charge in [-0.1, -0.05) is 19.3 Å². The van der Waals surface area contributed by atoms with Crippen LogP contribution in [0.25, 0.3) is 0 Å². The molecule has 0 unspecified atom stereocenters. The fourth-order valence-electron chi connectivity index (χ4n) is 11.0. The lowest BCUT2D eigenvalue weighted by Gasteiger charge is -2.46. The van der Waals surface area contributed by atoms with Gasteiger partial charge in [-0.15, -0.1) is 0 Å². The molecule has 16 nitrogen and oxygen atoms in total. The molecule has 0 aromatic heterocycles. The van der Waals surface area contributed by atoms with Gasteiger partial charge in [-0.05, 0) is 72.5 Å². The number of carbonyl (C=O) groups excluding carboxylic acids is 2. The summed E-state index contributed by atoms with van der Waals surface area (Å²) in [6.07, 6.45) is 7.96. The normalized spacial score (nSPS) is 18.3. The Morgan fingerprint density at radius 3 is 1.03 bits per heavy atom. The van der Waals surface area contributed by atoms with Crippen molar-refractivity contribution in [3.8, 4) is 57.5 Å². The zero-order chi connectivity index (χ0) is 52.7. The van der Waals surface area contributed by atoms with Gasteiger partial charge in [0, 0.05) is 60.8 Å². The number of fused-ring (bicyclic) bond motifs is 2. The van der Waals surface area contributed by atoms with Crippen LogP contribution in [0.2, 0.25) is 0 Å². The van der Waals surface area contributed by atoms with Crippen molar-refractivity contribution >= 4 is 11.9 Å². The van der Waals surface area contributed by atoms with Gasteiger partial charge in [0.2, 0.25) is 11.5 Å². The largest absolute Gasteiger partial charge is 1.00 e. The second-order valence-electron chi connectivity index (χ2n) is 19.3. The van der Waals surface area contributed by atoms with Gasteiger partial charge in [0.15, 0.2) is 46.0 Å². The summed E-state index contributed by atoms with van der Waals surface area (Å²) in [6.45, 7) is 3.92. The third-order valence-corrected chi connectivity index (χ3v) is 14.8. The van der Waals surface area contributed by atoms with Gasteiger partial charge in [-0.25, -0.2) is 0 Å². The van der Waals surface area contributed by atoms with Crippen molar-refractivity contribution in [2.45, 2.75) is 82.7 Å². The predicted octanol–water partition coefficient (Wildman–Crippen LogP) is 3.26. The Morgan fingerprint density at radius 1 is 0.413 bits per heavy atom. The van der Waals surface area contributed by atoms with Crippen molar-refractivity contribution < 1.29 is 100 Å². The molecule has 0 amide bonds. The number of benzene rings is 4. The second kappa shape index (κ2) is 29.0. The summed E-state index contributed by atoms with van der Waals surface area (Å²) < 4.78 is 70.2. The summed E-state index contributed by atoms with van der Waals surface area (Å²) >= 11 is 0. The summed E-state index contributed by atoms with van der Waals surface area (Å²) in [6, 6.07) is 16.2. The molecule has 18 heteroatoms. The number of nitrogens with zero attached hydrogens (tertiary/aromatic N) is 2. The lowest BCUT2D eigenvalue weighted by molar-refractivity contribution is -0.935. The van der Waals surface area contributed by atoms with Crippen molar-refractivity contribution in [1.82, 2.24) is 0 Å². The van der Waals surface area contributed by atoms with Crippen molar-refractivity contribution in [2.24, 2.45) is 0 Å². The molecule has 2 heterocycles. The van der Waals surface area contributed by atoms with Crippen molar-refractivity contribution in [3.63, 3.8) is 0 Å². The van der Waals surface area contributed by atoms with Gasteiger partial charge in [0.05, 0.1) is 125 Å². The van der Waals surface area contributed by atoms with Crippen LogP contribution in [-0.4, -0.2) is 145 Å². The number of likely N-dealkylation sites (N-methyl/N-ethyl adjacent to an activating group) is 2. The molecule has 2 aliphatic heterocycles. The number of rotatable bonds is 28. The molecule has 2 aliphatic rings. The third-order valence-electron chi connectivity index (χ3n) is 14.8. The fraction of sp³-hybridized carbons (Fsp3) is 0.544. The lowest BCUT2D eigenvalue weighted by Crippen LogP contribution is -3.00. The van der Waals surface area contributed by atoms with Crippen LogP contribution < -0.4 is 72.2 Å². The highest BCUT2D eigenvalue weighted by Crippen LogP contribution is 2.50. The van der Waals surface area contributed by atoms with Crippen molar-refractivity contribution in [1.29, 1.82) is 0 Å². The zero-order valence-corrected chi connectivity index (χ0v) is 47.7. The minimum Gasteiger partial charge on any atom is -1.00 e. The Kier molecular flexibility index (Phi) is 23.9.